The Balaban J connectivity index is 1.96. The molecule has 32 heavy (non-hydrogen) atoms. The Kier molecular flexibility index (Phi) is 9.96. The highest BCUT2D eigenvalue weighted by molar-refractivity contribution is 14.1. The van der Waals surface area contributed by atoms with Crippen molar-refractivity contribution in [2.75, 3.05) is 13.2 Å². The number of halogens is 2. The fourth-order valence-corrected chi connectivity index (χ4v) is 3.55. The summed E-state index contributed by atoms with van der Waals surface area (Å²) in [4.78, 5) is 23.7. The quantitative estimate of drug-likeness (QED) is 0.148. The number of hydrogen-bond donors (Lipinski definition) is 4. The molecular weight excluding hydrogens is 646 g/mol. The predicted molar refractivity (Wildman–Crippen MR) is 135 cm³/mol. The number of rotatable bonds is 8. The van der Waals surface area contributed by atoms with Crippen molar-refractivity contribution in [2.45, 2.75) is 13.8 Å². The van der Waals surface area contributed by atoms with Crippen LogP contribution in [0.25, 0.3) is 0 Å². The summed E-state index contributed by atoms with van der Waals surface area (Å²) < 4.78 is 11.8. The Labute approximate surface area is 211 Å². The first-order chi connectivity index (χ1) is 15.3. The molecule has 0 fully saturated rings. The molecule has 4 N–H and O–H groups in total. The Morgan fingerprint density at radius 2 is 1.22 bits per heavy atom. The summed E-state index contributed by atoms with van der Waals surface area (Å²) in [6, 6.07) is 6.37. The maximum absolute atomic E-state index is 11.9. The van der Waals surface area contributed by atoms with Crippen molar-refractivity contribution < 1.29 is 29.3 Å². The van der Waals surface area contributed by atoms with E-state index < -0.39 is 11.8 Å². The van der Waals surface area contributed by atoms with Gasteiger partial charge in [0, 0.05) is 0 Å². The molecule has 2 aromatic rings. The molecule has 0 bridgehead atoms. The van der Waals surface area contributed by atoms with Crippen LogP contribution in [0.3, 0.4) is 0 Å². The number of phenolic OH excluding ortho intramolecular Hbond substituents is 2. The summed E-state index contributed by atoms with van der Waals surface area (Å²) >= 11 is 3.88. The molecule has 2 aromatic carbocycles. The van der Waals surface area contributed by atoms with Gasteiger partial charge in [0.1, 0.15) is 0 Å². The van der Waals surface area contributed by atoms with E-state index in [9.17, 15) is 19.8 Å². The molecule has 0 spiro atoms. The van der Waals surface area contributed by atoms with Gasteiger partial charge >= 0.3 is 11.8 Å². The first-order valence-electron chi connectivity index (χ1n) is 9.23. The van der Waals surface area contributed by atoms with Gasteiger partial charge in [-0.15, -0.1) is 0 Å². The Morgan fingerprint density at radius 3 is 1.56 bits per heavy atom. The lowest BCUT2D eigenvalue weighted by molar-refractivity contribution is -0.139. The summed E-state index contributed by atoms with van der Waals surface area (Å²) in [5, 5.41) is 27.3. The molecule has 0 saturated heterocycles. The van der Waals surface area contributed by atoms with Crippen LogP contribution < -0.4 is 20.3 Å². The van der Waals surface area contributed by atoms with E-state index >= 15 is 0 Å². The van der Waals surface area contributed by atoms with E-state index in [-0.39, 0.29) is 23.0 Å². The van der Waals surface area contributed by atoms with Crippen molar-refractivity contribution >= 4 is 69.4 Å². The molecule has 0 aromatic heterocycles. The predicted octanol–water partition coefficient (Wildman–Crippen LogP) is 2.70. The van der Waals surface area contributed by atoms with E-state index in [1.54, 1.807) is 38.1 Å². The maximum Gasteiger partial charge on any atom is 0.331 e. The molecule has 0 unspecified atom stereocenters. The average molecular weight is 666 g/mol. The second kappa shape index (κ2) is 12.4. The van der Waals surface area contributed by atoms with Crippen LogP contribution in [0, 0.1) is 7.14 Å². The Morgan fingerprint density at radius 1 is 0.844 bits per heavy atom. The molecule has 10 nitrogen and oxygen atoms in total. The molecule has 0 saturated carbocycles. The lowest BCUT2D eigenvalue weighted by Gasteiger charge is -2.08. The van der Waals surface area contributed by atoms with Gasteiger partial charge in [0.15, 0.2) is 23.0 Å². The van der Waals surface area contributed by atoms with Gasteiger partial charge in [-0.05, 0) is 94.4 Å². The molecule has 170 valence electrons. The number of ether oxygens (including phenoxy) is 2. The van der Waals surface area contributed by atoms with Crippen LogP contribution in [0.15, 0.2) is 34.5 Å². The SMILES string of the molecule is CCOc1cc(C=NNC(=O)C(=O)N/N=C/c2cc(I)c(O)c(OCC)c2)cc(I)c1O. The Bertz CT molecular complexity index is 975. The summed E-state index contributed by atoms with van der Waals surface area (Å²) in [5.41, 5.74) is 5.30. The fraction of sp³-hybridized carbons (Fsp3) is 0.200. The van der Waals surface area contributed by atoms with Crippen molar-refractivity contribution in [1.82, 2.24) is 10.9 Å². The first-order valence-corrected chi connectivity index (χ1v) is 11.4. The molecule has 2 rings (SSSR count). The van der Waals surface area contributed by atoms with E-state index in [4.69, 9.17) is 9.47 Å². The normalized spacial score (nSPS) is 11.0. The lowest BCUT2D eigenvalue weighted by atomic mass is 10.2. The topological polar surface area (TPSA) is 142 Å². The van der Waals surface area contributed by atoms with Crippen molar-refractivity contribution in [3.05, 3.63) is 42.5 Å². The summed E-state index contributed by atoms with van der Waals surface area (Å²) in [5.74, 6) is -1.43. The lowest BCUT2D eigenvalue weighted by Crippen LogP contribution is -2.35. The minimum absolute atomic E-state index is 0.0163. The van der Waals surface area contributed by atoms with E-state index in [0.29, 0.717) is 31.5 Å². The van der Waals surface area contributed by atoms with Crippen LogP contribution in [0.4, 0.5) is 0 Å². The number of carbonyl (C=O) groups excluding carboxylic acids is 2. The summed E-state index contributed by atoms with van der Waals surface area (Å²) in [7, 11) is 0. The Hall–Kier alpha value is -2.62. The number of phenols is 2. The van der Waals surface area contributed by atoms with E-state index in [2.05, 4.69) is 21.1 Å². The second-order valence-corrected chi connectivity index (χ2v) is 8.29. The van der Waals surface area contributed by atoms with Gasteiger partial charge in [-0.3, -0.25) is 9.59 Å². The number of carbonyl (C=O) groups is 2. The van der Waals surface area contributed by atoms with E-state index in [1.807, 2.05) is 45.2 Å². The zero-order valence-corrected chi connectivity index (χ0v) is 21.4. The van der Waals surface area contributed by atoms with Gasteiger partial charge in [-0.25, -0.2) is 10.9 Å². The second-order valence-electron chi connectivity index (χ2n) is 5.96. The van der Waals surface area contributed by atoms with Crippen LogP contribution in [0.5, 0.6) is 23.0 Å². The molecular formula is C20H20I2N4O6. The molecule has 2 amide bonds. The highest BCUT2D eigenvalue weighted by Gasteiger charge is 2.12. The molecule has 0 aliphatic rings. The third kappa shape index (κ3) is 7.22. The monoisotopic (exact) mass is 666 g/mol. The summed E-state index contributed by atoms with van der Waals surface area (Å²) in [6.45, 7) is 4.32. The zero-order valence-electron chi connectivity index (χ0n) is 17.1. The molecule has 0 aliphatic carbocycles. The number of amides is 2. The number of aromatic hydroxyl groups is 2. The number of nitrogens with zero attached hydrogens (tertiary/aromatic N) is 2. The van der Waals surface area contributed by atoms with Crippen molar-refractivity contribution in [2.24, 2.45) is 10.2 Å². The minimum atomic E-state index is -1.02. The molecule has 0 aliphatic heterocycles. The maximum atomic E-state index is 11.9. The highest BCUT2D eigenvalue weighted by atomic mass is 127. The smallest absolute Gasteiger partial charge is 0.331 e. The van der Waals surface area contributed by atoms with Crippen LogP contribution in [0.1, 0.15) is 25.0 Å². The van der Waals surface area contributed by atoms with Gasteiger partial charge in [-0.1, -0.05) is 0 Å². The molecule has 0 heterocycles. The fourth-order valence-electron chi connectivity index (χ4n) is 2.30. The summed E-state index contributed by atoms with van der Waals surface area (Å²) in [6.07, 6.45) is 2.62. The van der Waals surface area contributed by atoms with Crippen LogP contribution >= 0.6 is 45.2 Å². The van der Waals surface area contributed by atoms with Crippen LogP contribution in [0.2, 0.25) is 0 Å². The van der Waals surface area contributed by atoms with Crippen molar-refractivity contribution in [3.63, 3.8) is 0 Å². The molecule has 0 atom stereocenters. The number of nitrogens with one attached hydrogen (secondary N) is 2. The van der Waals surface area contributed by atoms with E-state index in [0.717, 1.165) is 0 Å². The zero-order chi connectivity index (χ0) is 23.7. The number of benzene rings is 2. The standard InChI is InChI=1S/C20H20I2N4O6/c1-3-31-15-7-11(5-13(21)17(15)27)9-23-25-19(29)20(30)26-24-10-12-6-14(22)18(28)16(8-12)32-4-2/h5-10,27-28H,3-4H2,1-2H3,(H,25,29)(H,26,30)/b23-9+,24-10?. The van der Waals surface area contributed by atoms with Crippen molar-refractivity contribution in [1.29, 1.82) is 0 Å². The van der Waals surface area contributed by atoms with E-state index in [1.165, 1.54) is 12.4 Å². The molecule has 12 heteroatoms. The van der Waals surface area contributed by atoms with Gasteiger partial charge < -0.3 is 19.7 Å². The minimum Gasteiger partial charge on any atom is -0.504 e. The van der Waals surface area contributed by atoms with Gasteiger partial charge in [-0.2, -0.15) is 10.2 Å². The third-order valence-corrected chi connectivity index (χ3v) is 5.31. The number of hydrazone groups is 2. The molecule has 0 radical (unpaired) electrons. The van der Waals surface area contributed by atoms with Crippen LogP contribution in [-0.4, -0.2) is 47.7 Å². The van der Waals surface area contributed by atoms with Crippen molar-refractivity contribution in [3.8, 4) is 23.0 Å². The van der Waals surface area contributed by atoms with Gasteiger partial charge in [0.25, 0.3) is 0 Å². The largest absolute Gasteiger partial charge is 0.504 e. The van der Waals surface area contributed by atoms with Gasteiger partial charge in [0.05, 0.1) is 32.8 Å². The van der Waals surface area contributed by atoms with Gasteiger partial charge in [0.2, 0.25) is 0 Å². The highest BCUT2D eigenvalue weighted by Crippen LogP contribution is 2.33. The van der Waals surface area contributed by atoms with Crippen LogP contribution in [-0.2, 0) is 9.59 Å². The number of hydrogen-bond acceptors (Lipinski definition) is 8. The average Bonchev–Trinajstić information content (AvgIpc) is 2.75. The third-order valence-electron chi connectivity index (χ3n) is 3.67. The first kappa shape index (κ1) is 25.6.